The van der Waals surface area contributed by atoms with Crippen LogP contribution in [0.5, 0.6) is 0 Å². The molecular formula is C13H18N2OS2. The summed E-state index contributed by atoms with van der Waals surface area (Å²) in [4.78, 5) is 11.9. The first kappa shape index (κ1) is 13.8. The summed E-state index contributed by atoms with van der Waals surface area (Å²) >= 11 is 3.89. The fraction of sp³-hybridized carbons (Fsp3) is 0.462. The number of nitrogens with two attached hydrogens (primary N) is 1. The van der Waals surface area contributed by atoms with Gasteiger partial charge in [0.2, 0.25) is 5.91 Å². The molecule has 0 bridgehead atoms. The first-order valence-electron chi connectivity index (χ1n) is 6.05. The molecule has 98 valence electrons. The van der Waals surface area contributed by atoms with Gasteiger partial charge in [0.05, 0.1) is 0 Å². The fourth-order valence-electron chi connectivity index (χ4n) is 1.79. The summed E-state index contributed by atoms with van der Waals surface area (Å²) in [6.45, 7) is 0.719. The van der Waals surface area contributed by atoms with E-state index < -0.39 is 6.04 Å². The van der Waals surface area contributed by atoms with Gasteiger partial charge in [-0.3, -0.25) is 4.79 Å². The zero-order chi connectivity index (χ0) is 12.8. The molecule has 2 atom stereocenters. The minimum Gasteiger partial charge on any atom is -0.353 e. The molecule has 3 N–H and O–H groups in total. The number of carbonyl (C=O) groups is 1. The van der Waals surface area contributed by atoms with Crippen molar-refractivity contribution in [1.82, 2.24) is 5.32 Å². The molecule has 2 rings (SSSR count). The van der Waals surface area contributed by atoms with Crippen LogP contribution in [0, 0.1) is 0 Å². The van der Waals surface area contributed by atoms with Crippen molar-refractivity contribution in [3.8, 4) is 0 Å². The lowest BCUT2D eigenvalue weighted by Crippen LogP contribution is -2.39. The normalized spacial score (nSPS) is 21.3. The second kappa shape index (κ2) is 7.07. The lowest BCUT2D eigenvalue weighted by molar-refractivity contribution is -0.122. The molecule has 0 saturated carbocycles. The first-order chi connectivity index (χ1) is 8.77. The van der Waals surface area contributed by atoms with Crippen molar-refractivity contribution >= 4 is 29.4 Å². The van der Waals surface area contributed by atoms with Crippen LogP contribution in [0.4, 0.5) is 0 Å². The van der Waals surface area contributed by atoms with Crippen LogP contribution in [0.1, 0.15) is 11.6 Å². The monoisotopic (exact) mass is 282 g/mol. The van der Waals surface area contributed by atoms with E-state index in [-0.39, 0.29) is 5.91 Å². The molecule has 1 aliphatic heterocycles. The van der Waals surface area contributed by atoms with E-state index in [1.54, 1.807) is 0 Å². The van der Waals surface area contributed by atoms with Crippen molar-refractivity contribution in [3.63, 3.8) is 0 Å². The Bertz CT molecular complexity index is 380. The maximum absolute atomic E-state index is 11.9. The number of thioether (sulfide) groups is 2. The number of hydrogen-bond donors (Lipinski definition) is 2. The van der Waals surface area contributed by atoms with Crippen molar-refractivity contribution in [2.24, 2.45) is 5.73 Å². The van der Waals surface area contributed by atoms with E-state index in [0.717, 1.165) is 17.9 Å². The molecule has 1 amide bonds. The van der Waals surface area contributed by atoms with Gasteiger partial charge in [-0.15, -0.1) is 0 Å². The van der Waals surface area contributed by atoms with Crippen LogP contribution in [-0.2, 0) is 4.79 Å². The number of benzene rings is 1. The predicted molar refractivity (Wildman–Crippen MR) is 80.0 cm³/mol. The van der Waals surface area contributed by atoms with E-state index in [9.17, 15) is 4.79 Å². The summed E-state index contributed by atoms with van der Waals surface area (Å²) in [5.41, 5.74) is 6.79. The molecule has 5 heteroatoms. The molecular weight excluding hydrogens is 264 g/mol. The smallest absolute Gasteiger partial charge is 0.241 e. The standard InChI is InChI=1S/C13H18N2OS2/c14-12(10-4-2-1-3-5-10)13(16)15-8-11-9-17-6-7-18-11/h1-5,11-12H,6-9,14H2,(H,15,16)/t11?,12-/m1/s1. The van der Waals surface area contributed by atoms with Gasteiger partial charge in [0.15, 0.2) is 0 Å². The Balaban J connectivity index is 1.80. The third kappa shape index (κ3) is 3.93. The summed E-state index contributed by atoms with van der Waals surface area (Å²) < 4.78 is 0. The third-order valence-corrected chi connectivity index (χ3v) is 5.67. The van der Waals surface area contributed by atoms with E-state index in [1.807, 2.05) is 53.9 Å². The number of carbonyl (C=O) groups excluding carboxylic acids is 1. The lowest BCUT2D eigenvalue weighted by Gasteiger charge is -2.22. The molecule has 0 spiro atoms. The topological polar surface area (TPSA) is 55.1 Å². The molecule has 1 aliphatic rings. The first-order valence-corrected chi connectivity index (χ1v) is 8.25. The van der Waals surface area contributed by atoms with Crippen LogP contribution >= 0.6 is 23.5 Å². The maximum Gasteiger partial charge on any atom is 0.241 e. The summed E-state index contributed by atoms with van der Waals surface area (Å²) in [6.07, 6.45) is 0. The minimum atomic E-state index is -0.563. The van der Waals surface area contributed by atoms with Gasteiger partial charge in [0, 0.05) is 29.1 Å². The largest absolute Gasteiger partial charge is 0.353 e. The highest BCUT2D eigenvalue weighted by Crippen LogP contribution is 2.23. The van der Waals surface area contributed by atoms with E-state index in [0.29, 0.717) is 5.25 Å². The summed E-state index contributed by atoms with van der Waals surface area (Å²) in [5, 5.41) is 3.48. The van der Waals surface area contributed by atoms with Crippen LogP contribution < -0.4 is 11.1 Å². The van der Waals surface area contributed by atoms with Crippen molar-refractivity contribution < 1.29 is 4.79 Å². The van der Waals surface area contributed by atoms with Crippen molar-refractivity contribution in [3.05, 3.63) is 35.9 Å². The molecule has 0 aliphatic carbocycles. The van der Waals surface area contributed by atoms with Gasteiger partial charge in [0.25, 0.3) is 0 Å². The Kier molecular flexibility index (Phi) is 5.41. The molecule has 0 aromatic heterocycles. The van der Waals surface area contributed by atoms with E-state index in [4.69, 9.17) is 5.73 Å². The quantitative estimate of drug-likeness (QED) is 0.882. The van der Waals surface area contributed by atoms with Gasteiger partial charge in [-0.05, 0) is 5.56 Å². The molecule has 1 heterocycles. The SMILES string of the molecule is N[C@@H](C(=O)NCC1CSCCS1)c1ccccc1. The molecule has 3 nitrogen and oxygen atoms in total. The molecule has 1 unspecified atom stereocenters. The second-order valence-electron chi connectivity index (χ2n) is 4.20. The molecule has 18 heavy (non-hydrogen) atoms. The fourth-order valence-corrected chi connectivity index (χ4v) is 4.40. The van der Waals surface area contributed by atoms with Crippen LogP contribution in [0.25, 0.3) is 0 Å². The van der Waals surface area contributed by atoms with Crippen LogP contribution in [0.3, 0.4) is 0 Å². The highest BCUT2D eigenvalue weighted by molar-refractivity contribution is 8.06. The van der Waals surface area contributed by atoms with E-state index in [1.165, 1.54) is 11.5 Å². The number of hydrogen-bond acceptors (Lipinski definition) is 4. The number of amides is 1. The van der Waals surface area contributed by atoms with Crippen LogP contribution in [0.2, 0.25) is 0 Å². The maximum atomic E-state index is 11.9. The van der Waals surface area contributed by atoms with Crippen LogP contribution in [0.15, 0.2) is 30.3 Å². The molecule has 1 aromatic carbocycles. The van der Waals surface area contributed by atoms with E-state index >= 15 is 0 Å². The van der Waals surface area contributed by atoms with Crippen LogP contribution in [-0.4, -0.2) is 35.0 Å². The van der Waals surface area contributed by atoms with Crippen molar-refractivity contribution in [2.75, 3.05) is 23.8 Å². The Morgan fingerprint density at radius 1 is 1.39 bits per heavy atom. The highest BCUT2D eigenvalue weighted by atomic mass is 32.2. The number of nitrogens with one attached hydrogen (secondary N) is 1. The average molecular weight is 282 g/mol. The molecule has 1 aromatic rings. The molecule has 1 fully saturated rings. The van der Waals surface area contributed by atoms with Crippen molar-refractivity contribution in [1.29, 1.82) is 0 Å². The van der Waals surface area contributed by atoms with Gasteiger partial charge in [-0.1, -0.05) is 30.3 Å². The van der Waals surface area contributed by atoms with Gasteiger partial charge < -0.3 is 11.1 Å². The van der Waals surface area contributed by atoms with Gasteiger partial charge in [-0.2, -0.15) is 23.5 Å². The zero-order valence-corrected chi connectivity index (χ0v) is 11.8. The zero-order valence-electron chi connectivity index (χ0n) is 10.2. The Morgan fingerprint density at radius 2 is 2.17 bits per heavy atom. The third-order valence-electron chi connectivity index (χ3n) is 2.83. The van der Waals surface area contributed by atoms with Gasteiger partial charge in [0.1, 0.15) is 6.04 Å². The second-order valence-corrected chi connectivity index (χ2v) is 6.76. The number of rotatable bonds is 4. The molecule has 1 saturated heterocycles. The van der Waals surface area contributed by atoms with E-state index in [2.05, 4.69) is 5.32 Å². The Morgan fingerprint density at radius 3 is 2.83 bits per heavy atom. The summed E-state index contributed by atoms with van der Waals surface area (Å²) in [7, 11) is 0. The minimum absolute atomic E-state index is 0.0858. The summed E-state index contributed by atoms with van der Waals surface area (Å²) in [5.74, 6) is 3.43. The van der Waals surface area contributed by atoms with Crippen molar-refractivity contribution in [2.45, 2.75) is 11.3 Å². The molecule has 0 radical (unpaired) electrons. The Labute approximate surface area is 116 Å². The van der Waals surface area contributed by atoms with Gasteiger partial charge in [-0.25, -0.2) is 0 Å². The van der Waals surface area contributed by atoms with Gasteiger partial charge >= 0.3 is 0 Å². The predicted octanol–water partition coefficient (Wildman–Crippen LogP) is 1.65. The lowest BCUT2D eigenvalue weighted by atomic mass is 10.1. The highest BCUT2D eigenvalue weighted by Gasteiger charge is 2.18. The average Bonchev–Trinajstić information content (AvgIpc) is 2.46. The summed E-state index contributed by atoms with van der Waals surface area (Å²) in [6, 6.07) is 8.92. The Hall–Kier alpha value is -0.650.